The number of rotatable bonds is 4. The van der Waals surface area contributed by atoms with Crippen LogP contribution in [0, 0.1) is 0 Å². The van der Waals surface area contributed by atoms with E-state index in [0.29, 0.717) is 6.54 Å². The van der Waals surface area contributed by atoms with Crippen LogP contribution in [0.5, 0.6) is 5.75 Å². The van der Waals surface area contributed by atoms with Gasteiger partial charge in [0.2, 0.25) is 0 Å². The molecule has 1 heterocycles. The van der Waals surface area contributed by atoms with Crippen molar-refractivity contribution in [3.63, 3.8) is 0 Å². The smallest absolute Gasteiger partial charge is 0.123 e. The van der Waals surface area contributed by atoms with E-state index < -0.39 is 0 Å². The van der Waals surface area contributed by atoms with E-state index in [1.54, 1.807) is 24.1 Å². The van der Waals surface area contributed by atoms with Gasteiger partial charge in [0.1, 0.15) is 5.75 Å². The molecule has 1 aromatic carbocycles. The van der Waals surface area contributed by atoms with E-state index in [0.717, 1.165) is 17.0 Å². The lowest BCUT2D eigenvalue weighted by Crippen LogP contribution is -2.07. The fraction of sp³-hybridized carbons (Fsp3) is 0.250. The van der Waals surface area contributed by atoms with Crippen LogP contribution in [0.1, 0.15) is 11.3 Å². The molecule has 0 bridgehead atoms. The molecule has 0 aliphatic rings. The summed E-state index contributed by atoms with van der Waals surface area (Å²) in [5, 5.41) is 13.3. The first-order chi connectivity index (χ1) is 7.85. The van der Waals surface area contributed by atoms with Gasteiger partial charge in [0.15, 0.2) is 0 Å². The van der Waals surface area contributed by atoms with E-state index in [2.05, 4.69) is 5.10 Å². The van der Waals surface area contributed by atoms with Gasteiger partial charge in [0.25, 0.3) is 0 Å². The zero-order chi connectivity index (χ0) is 11.4. The molecule has 2 rings (SSSR count). The van der Waals surface area contributed by atoms with Crippen LogP contribution in [0.25, 0.3) is 0 Å². The molecular formula is C12H14N2O2. The van der Waals surface area contributed by atoms with Crippen LogP contribution in [0.4, 0.5) is 0 Å². The lowest BCUT2D eigenvalue weighted by atomic mass is 10.2. The van der Waals surface area contributed by atoms with Gasteiger partial charge >= 0.3 is 0 Å². The van der Waals surface area contributed by atoms with Crippen molar-refractivity contribution < 1.29 is 9.84 Å². The van der Waals surface area contributed by atoms with Crippen molar-refractivity contribution in [1.82, 2.24) is 9.78 Å². The van der Waals surface area contributed by atoms with Crippen LogP contribution < -0.4 is 4.74 Å². The molecule has 4 heteroatoms. The highest BCUT2D eigenvalue weighted by Gasteiger charge is 2.05. The SMILES string of the molecule is COc1ccccc1Cn1nccc1CO. The summed E-state index contributed by atoms with van der Waals surface area (Å²) in [5.74, 6) is 0.835. The predicted octanol–water partition coefficient (Wildman–Crippen LogP) is 1.43. The zero-order valence-corrected chi connectivity index (χ0v) is 9.13. The molecule has 0 saturated carbocycles. The number of ether oxygens (including phenoxy) is 1. The van der Waals surface area contributed by atoms with Crippen LogP contribution >= 0.6 is 0 Å². The maximum atomic E-state index is 9.12. The summed E-state index contributed by atoms with van der Waals surface area (Å²) >= 11 is 0. The van der Waals surface area contributed by atoms with Gasteiger partial charge in [-0.05, 0) is 12.1 Å². The van der Waals surface area contributed by atoms with Gasteiger partial charge in [-0.15, -0.1) is 0 Å². The van der Waals surface area contributed by atoms with E-state index in [4.69, 9.17) is 9.84 Å². The third kappa shape index (κ3) is 2.06. The third-order valence-electron chi connectivity index (χ3n) is 2.48. The fourth-order valence-corrected chi connectivity index (χ4v) is 1.63. The van der Waals surface area contributed by atoms with Crippen LogP contribution in [-0.4, -0.2) is 22.0 Å². The number of aromatic nitrogens is 2. The van der Waals surface area contributed by atoms with Crippen molar-refractivity contribution in [2.24, 2.45) is 0 Å². The average molecular weight is 218 g/mol. The minimum atomic E-state index is -0.00481. The van der Waals surface area contributed by atoms with Crippen LogP contribution in [0.3, 0.4) is 0 Å². The predicted molar refractivity (Wildman–Crippen MR) is 60.2 cm³/mol. The summed E-state index contributed by atoms with van der Waals surface area (Å²) in [6.07, 6.45) is 1.68. The van der Waals surface area contributed by atoms with E-state index >= 15 is 0 Å². The average Bonchev–Trinajstić information content (AvgIpc) is 2.77. The maximum Gasteiger partial charge on any atom is 0.123 e. The van der Waals surface area contributed by atoms with E-state index in [1.165, 1.54) is 0 Å². The van der Waals surface area contributed by atoms with Crippen molar-refractivity contribution >= 4 is 0 Å². The molecule has 0 aliphatic carbocycles. The fourth-order valence-electron chi connectivity index (χ4n) is 1.63. The summed E-state index contributed by atoms with van der Waals surface area (Å²) in [6.45, 7) is 0.599. The maximum absolute atomic E-state index is 9.12. The van der Waals surface area contributed by atoms with E-state index in [9.17, 15) is 0 Å². The second-order valence-electron chi connectivity index (χ2n) is 3.45. The van der Waals surface area contributed by atoms with Gasteiger partial charge in [-0.2, -0.15) is 5.10 Å². The number of hydrogen-bond donors (Lipinski definition) is 1. The molecule has 0 atom stereocenters. The Morgan fingerprint density at radius 1 is 1.31 bits per heavy atom. The van der Waals surface area contributed by atoms with Gasteiger partial charge in [-0.25, -0.2) is 0 Å². The standard InChI is InChI=1S/C12H14N2O2/c1-16-12-5-3-2-4-10(12)8-14-11(9-15)6-7-13-14/h2-7,15H,8-9H2,1H3. The highest BCUT2D eigenvalue weighted by molar-refractivity contribution is 5.33. The lowest BCUT2D eigenvalue weighted by Gasteiger charge is -2.09. The minimum Gasteiger partial charge on any atom is -0.496 e. The first-order valence-corrected chi connectivity index (χ1v) is 5.08. The molecule has 4 nitrogen and oxygen atoms in total. The molecule has 1 aromatic heterocycles. The van der Waals surface area contributed by atoms with Crippen LogP contribution in [-0.2, 0) is 13.2 Å². The summed E-state index contributed by atoms with van der Waals surface area (Å²) < 4.78 is 7.03. The molecule has 1 N–H and O–H groups in total. The number of aliphatic hydroxyl groups is 1. The summed E-state index contributed by atoms with van der Waals surface area (Å²) in [7, 11) is 1.65. The molecule has 0 radical (unpaired) electrons. The molecule has 0 spiro atoms. The number of hydrogen-bond acceptors (Lipinski definition) is 3. The van der Waals surface area contributed by atoms with Crippen LogP contribution in [0.2, 0.25) is 0 Å². The normalized spacial score (nSPS) is 10.4. The molecule has 0 amide bonds. The lowest BCUT2D eigenvalue weighted by molar-refractivity contribution is 0.269. The number of aliphatic hydroxyl groups excluding tert-OH is 1. The molecule has 0 saturated heterocycles. The zero-order valence-electron chi connectivity index (χ0n) is 9.13. The van der Waals surface area contributed by atoms with Gasteiger partial charge in [0, 0.05) is 11.8 Å². The van der Waals surface area contributed by atoms with Crippen molar-refractivity contribution in [2.75, 3.05) is 7.11 Å². The molecule has 0 aliphatic heterocycles. The molecule has 84 valence electrons. The summed E-state index contributed by atoms with van der Waals surface area (Å²) in [6, 6.07) is 9.59. The van der Waals surface area contributed by atoms with Gasteiger partial charge in [-0.1, -0.05) is 18.2 Å². The Labute approximate surface area is 94.1 Å². The largest absolute Gasteiger partial charge is 0.496 e. The highest BCUT2D eigenvalue weighted by Crippen LogP contribution is 2.18. The Hall–Kier alpha value is -1.81. The van der Waals surface area contributed by atoms with Gasteiger partial charge in [-0.3, -0.25) is 4.68 Å². The number of methoxy groups -OCH3 is 1. The van der Waals surface area contributed by atoms with E-state index in [1.807, 2.05) is 24.3 Å². The first kappa shape index (κ1) is 10.7. The molecular weight excluding hydrogens is 204 g/mol. The van der Waals surface area contributed by atoms with Gasteiger partial charge in [0.05, 0.1) is 26.0 Å². The number of benzene rings is 1. The van der Waals surface area contributed by atoms with Crippen molar-refractivity contribution in [1.29, 1.82) is 0 Å². The minimum absolute atomic E-state index is 0.00481. The summed E-state index contributed by atoms with van der Waals surface area (Å²) in [5.41, 5.74) is 1.84. The second-order valence-corrected chi connectivity index (χ2v) is 3.45. The van der Waals surface area contributed by atoms with Crippen molar-refractivity contribution in [3.8, 4) is 5.75 Å². The van der Waals surface area contributed by atoms with Crippen molar-refractivity contribution in [3.05, 3.63) is 47.8 Å². The number of para-hydroxylation sites is 1. The second kappa shape index (κ2) is 4.81. The van der Waals surface area contributed by atoms with E-state index in [-0.39, 0.29) is 6.61 Å². The third-order valence-corrected chi connectivity index (χ3v) is 2.48. The number of nitrogens with zero attached hydrogens (tertiary/aromatic N) is 2. The quantitative estimate of drug-likeness (QED) is 0.844. The monoisotopic (exact) mass is 218 g/mol. The first-order valence-electron chi connectivity index (χ1n) is 5.08. The highest BCUT2D eigenvalue weighted by atomic mass is 16.5. The Bertz CT molecular complexity index is 466. The molecule has 2 aromatic rings. The molecule has 0 fully saturated rings. The Balaban J connectivity index is 2.26. The van der Waals surface area contributed by atoms with Crippen molar-refractivity contribution in [2.45, 2.75) is 13.2 Å². The van der Waals surface area contributed by atoms with Gasteiger partial charge < -0.3 is 9.84 Å². The summed E-state index contributed by atoms with van der Waals surface area (Å²) in [4.78, 5) is 0. The Kier molecular flexibility index (Phi) is 3.22. The Morgan fingerprint density at radius 2 is 2.12 bits per heavy atom. The molecule has 16 heavy (non-hydrogen) atoms. The Morgan fingerprint density at radius 3 is 2.88 bits per heavy atom. The topological polar surface area (TPSA) is 47.3 Å². The van der Waals surface area contributed by atoms with Crippen LogP contribution in [0.15, 0.2) is 36.5 Å². The molecule has 0 unspecified atom stereocenters.